The van der Waals surface area contributed by atoms with E-state index in [1.54, 1.807) is 36.4 Å². The van der Waals surface area contributed by atoms with Gasteiger partial charge in [-0.2, -0.15) is 0 Å². The lowest BCUT2D eigenvalue weighted by molar-refractivity contribution is -0.118. The molecule has 0 aliphatic carbocycles. The SMILES string of the molecule is CCCCc1ccc(S(=O)(=O)Nc2ccc(NC(=O)C(C)C)cc2)cc1. The molecule has 0 bridgehead atoms. The van der Waals surface area contributed by atoms with Crippen LogP contribution in [0, 0.1) is 5.92 Å². The van der Waals surface area contributed by atoms with Gasteiger partial charge in [-0.1, -0.05) is 39.3 Å². The van der Waals surface area contributed by atoms with E-state index in [0.717, 1.165) is 24.8 Å². The average molecular weight is 375 g/mol. The van der Waals surface area contributed by atoms with Crippen molar-refractivity contribution in [3.63, 3.8) is 0 Å². The van der Waals surface area contributed by atoms with E-state index in [0.29, 0.717) is 11.4 Å². The Morgan fingerprint density at radius 2 is 1.54 bits per heavy atom. The van der Waals surface area contributed by atoms with Crippen LogP contribution in [0.25, 0.3) is 0 Å². The molecule has 0 saturated heterocycles. The molecule has 0 unspecified atom stereocenters. The molecule has 2 rings (SSSR count). The van der Waals surface area contributed by atoms with Crippen LogP contribution in [0.1, 0.15) is 39.2 Å². The van der Waals surface area contributed by atoms with Crippen LogP contribution in [0.15, 0.2) is 53.4 Å². The molecule has 0 aliphatic heterocycles. The molecule has 26 heavy (non-hydrogen) atoms. The lowest BCUT2D eigenvalue weighted by atomic mass is 10.1. The van der Waals surface area contributed by atoms with E-state index >= 15 is 0 Å². The van der Waals surface area contributed by atoms with Gasteiger partial charge in [0.1, 0.15) is 0 Å². The molecular weight excluding hydrogens is 348 g/mol. The van der Waals surface area contributed by atoms with E-state index in [1.165, 1.54) is 0 Å². The second-order valence-corrected chi connectivity index (χ2v) is 8.26. The minimum atomic E-state index is -3.64. The maximum atomic E-state index is 12.5. The number of rotatable bonds is 8. The van der Waals surface area contributed by atoms with Gasteiger partial charge in [0.2, 0.25) is 5.91 Å². The highest BCUT2D eigenvalue weighted by Crippen LogP contribution is 2.19. The fourth-order valence-electron chi connectivity index (χ4n) is 2.34. The van der Waals surface area contributed by atoms with E-state index in [9.17, 15) is 13.2 Å². The van der Waals surface area contributed by atoms with Crippen LogP contribution in [-0.4, -0.2) is 14.3 Å². The van der Waals surface area contributed by atoms with Gasteiger partial charge in [-0.15, -0.1) is 0 Å². The first kappa shape index (κ1) is 20.0. The highest BCUT2D eigenvalue weighted by atomic mass is 32.2. The molecule has 0 aromatic heterocycles. The second-order valence-electron chi connectivity index (χ2n) is 6.57. The van der Waals surface area contributed by atoms with E-state index in [-0.39, 0.29) is 16.7 Å². The highest BCUT2D eigenvalue weighted by Gasteiger charge is 2.14. The third-order valence-electron chi connectivity index (χ3n) is 3.98. The summed E-state index contributed by atoms with van der Waals surface area (Å²) in [6, 6.07) is 13.6. The van der Waals surface area contributed by atoms with Crippen molar-refractivity contribution in [1.82, 2.24) is 0 Å². The third-order valence-corrected chi connectivity index (χ3v) is 5.38. The zero-order valence-corrected chi connectivity index (χ0v) is 16.3. The normalized spacial score (nSPS) is 11.4. The first-order valence-corrected chi connectivity index (χ1v) is 10.3. The van der Waals surface area contributed by atoms with Crippen molar-refractivity contribution in [2.24, 2.45) is 5.92 Å². The van der Waals surface area contributed by atoms with Crippen LogP contribution in [0.5, 0.6) is 0 Å². The molecule has 0 aliphatic rings. The summed E-state index contributed by atoms with van der Waals surface area (Å²) in [4.78, 5) is 11.9. The number of benzene rings is 2. The maximum Gasteiger partial charge on any atom is 0.261 e. The first-order valence-electron chi connectivity index (χ1n) is 8.84. The summed E-state index contributed by atoms with van der Waals surface area (Å²) < 4.78 is 27.6. The fourth-order valence-corrected chi connectivity index (χ4v) is 3.40. The Balaban J connectivity index is 2.05. The van der Waals surface area contributed by atoms with Crippen LogP contribution >= 0.6 is 0 Å². The van der Waals surface area contributed by atoms with Gasteiger partial charge in [0, 0.05) is 17.3 Å². The number of carbonyl (C=O) groups excluding carboxylic acids is 1. The van der Waals surface area contributed by atoms with Gasteiger partial charge >= 0.3 is 0 Å². The molecule has 0 saturated carbocycles. The summed E-state index contributed by atoms with van der Waals surface area (Å²) in [6.07, 6.45) is 3.15. The number of carbonyl (C=O) groups is 1. The first-order chi connectivity index (χ1) is 12.3. The van der Waals surface area contributed by atoms with Crippen LogP contribution < -0.4 is 10.0 Å². The molecule has 6 heteroatoms. The van der Waals surface area contributed by atoms with Crippen LogP contribution in [0.2, 0.25) is 0 Å². The van der Waals surface area contributed by atoms with Crippen molar-refractivity contribution in [1.29, 1.82) is 0 Å². The van der Waals surface area contributed by atoms with Crippen molar-refractivity contribution in [3.8, 4) is 0 Å². The summed E-state index contributed by atoms with van der Waals surface area (Å²) in [6.45, 7) is 5.75. The van der Waals surface area contributed by atoms with Gasteiger partial charge in [-0.05, 0) is 54.8 Å². The standard InChI is InChI=1S/C20H26N2O3S/c1-4-5-6-16-7-13-19(14-8-16)26(24,25)22-18-11-9-17(10-12-18)21-20(23)15(2)3/h7-15,22H,4-6H2,1-3H3,(H,21,23). The average Bonchev–Trinajstić information content (AvgIpc) is 2.61. The van der Waals surface area contributed by atoms with Crippen LogP contribution in [0.3, 0.4) is 0 Å². The van der Waals surface area contributed by atoms with E-state index < -0.39 is 10.0 Å². The summed E-state index contributed by atoms with van der Waals surface area (Å²) in [5.74, 6) is -0.199. The topological polar surface area (TPSA) is 75.3 Å². The smallest absolute Gasteiger partial charge is 0.261 e. The fraction of sp³-hybridized carbons (Fsp3) is 0.350. The van der Waals surface area contributed by atoms with Crippen molar-refractivity contribution < 1.29 is 13.2 Å². The summed E-state index contributed by atoms with van der Waals surface area (Å²) >= 11 is 0. The molecule has 2 aromatic carbocycles. The Kier molecular flexibility index (Phi) is 6.80. The molecule has 0 fully saturated rings. The number of nitrogens with one attached hydrogen (secondary N) is 2. The molecule has 2 N–H and O–H groups in total. The largest absolute Gasteiger partial charge is 0.326 e. The van der Waals surface area contributed by atoms with Gasteiger partial charge in [-0.3, -0.25) is 9.52 Å². The molecule has 5 nitrogen and oxygen atoms in total. The Labute approximate surface area is 155 Å². The van der Waals surface area contributed by atoms with Crippen molar-refractivity contribution in [3.05, 3.63) is 54.1 Å². The van der Waals surface area contributed by atoms with Gasteiger partial charge in [0.25, 0.3) is 10.0 Å². The number of anilines is 2. The number of unbranched alkanes of at least 4 members (excludes halogenated alkanes) is 1. The zero-order chi connectivity index (χ0) is 19.2. The van der Waals surface area contributed by atoms with Crippen LogP contribution in [-0.2, 0) is 21.2 Å². The van der Waals surface area contributed by atoms with E-state index in [1.807, 2.05) is 26.0 Å². The van der Waals surface area contributed by atoms with E-state index in [4.69, 9.17) is 0 Å². The van der Waals surface area contributed by atoms with Gasteiger partial charge in [-0.25, -0.2) is 8.42 Å². The summed E-state index contributed by atoms with van der Waals surface area (Å²) in [7, 11) is -3.64. The molecule has 0 atom stereocenters. The quantitative estimate of drug-likeness (QED) is 0.718. The van der Waals surface area contributed by atoms with Gasteiger partial charge in [0.15, 0.2) is 0 Å². The molecule has 1 amide bonds. The number of hydrogen-bond donors (Lipinski definition) is 2. The molecule has 2 aromatic rings. The molecule has 0 heterocycles. The Bertz CT molecular complexity index is 826. The maximum absolute atomic E-state index is 12.5. The summed E-state index contributed by atoms with van der Waals surface area (Å²) in [5, 5.41) is 2.77. The lowest BCUT2D eigenvalue weighted by Gasteiger charge is -2.11. The molecule has 140 valence electrons. The Hall–Kier alpha value is -2.34. The molecule has 0 radical (unpaired) electrons. The van der Waals surface area contributed by atoms with Crippen molar-refractivity contribution in [2.45, 2.75) is 44.9 Å². The van der Waals surface area contributed by atoms with E-state index in [2.05, 4.69) is 17.0 Å². The third kappa shape index (κ3) is 5.59. The van der Waals surface area contributed by atoms with Crippen molar-refractivity contribution >= 4 is 27.3 Å². The Morgan fingerprint density at radius 1 is 0.962 bits per heavy atom. The molecule has 0 spiro atoms. The highest BCUT2D eigenvalue weighted by molar-refractivity contribution is 7.92. The minimum Gasteiger partial charge on any atom is -0.326 e. The monoisotopic (exact) mass is 374 g/mol. The zero-order valence-electron chi connectivity index (χ0n) is 15.5. The van der Waals surface area contributed by atoms with Gasteiger partial charge in [0.05, 0.1) is 4.90 Å². The number of amides is 1. The van der Waals surface area contributed by atoms with Crippen molar-refractivity contribution in [2.75, 3.05) is 10.0 Å². The Morgan fingerprint density at radius 3 is 2.08 bits per heavy atom. The van der Waals surface area contributed by atoms with Crippen LogP contribution in [0.4, 0.5) is 11.4 Å². The molecular formula is C20H26N2O3S. The summed E-state index contributed by atoms with van der Waals surface area (Å²) in [5.41, 5.74) is 2.21. The van der Waals surface area contributed by atoms with Gasteiger partial charge < -0.3 is 5.32 Å². The predicted octanol–water partition coefficient (Wildman–Crippen LogP) is 4.42. The number of aryl methyl sites for hydroxylation is 1. The second kappa shape index (κ2) is 8.85. The minimum absolute atomic E-state index is 0.0820. The number of sulfonamides is 1. The number of hydrogen-bond acceptors (Lipinski definition) is 3. The lowest BCUT2D eigenvalue weighted by Crippen LogP contribution is -2.17. The predicted molar refractivity (Wildman–Crippen MR) is 106 cm³/mol.